The second-order valence-electron chi connectivity index (χ2n) is 8.65. The molecule has 0 radical (unpaired) electrons. The summed E-state index contributed by atoms with van der Waals surface area (Å²) in [7, 11) is -3.91. The van der Waals surface area contributed by atoms with Crippen LogP contribution in [0.25, 0.3) is 0 Å². The van der Waals surface area contributed by atoms with Gasteiger partial charge in [0.2, 0.25) is 15.9 Å². The van der Waals surface area contributed by atoms with Gasteiger partial charge in [-0.05, 0) is 63.8 Å². The second kappa shape index (κ2) is 9.46. The number of rotatable bonds is 5. The Hall–Kier alpha value is -1.65. The number of piperazine rings is 1. The number of carbonyl (C=O) groups excluding carboxylic acids is 1. The fraction of sp³-hybridized carbons (Fsp3) is 0.667. The molecule has 1 aliphatic heterocycles. The van der Waals surface area contributed by atoms with Crippen LogP contribution in [0.1, 0.15) is 45.1 Å². The Kier molecular flexibility index (Phi) is 7.32. The molecule has 1 heterocycles. The van der Waals surface area contributed by atoms with E-state index >= 15 is 0 Å². The average Bonchev–Trinajstić information content (AvgIpc) is 2.73. The van der Waals surface area contributed by atoms with E-state index in [0.717, 1.165) is 50.4 Å². The minimum atomic E-state index is -4.51. The molecular weight excluding hydrogens is 431 g/mol. The van der Waals surface area contributed by atoms with E-state index in [2.05, 4.69) is 23.5 Å². The van der Waals surface area contributed by atoms with Gasteiger partial charge in [0.25, 0.3) is 0 Å². The molecule has 1 N–H and O–H groups in total. The predicted molar refractivity (Wildman–Crippen MR) is 111 cm³/mol. The van der Waals surface area contributed by atoms with E-state index in [4.69, 9.17) is 0 Å². The fourth-order valence-electron chi connectivity index (χ4n) is 4.29. The van der Waals surface area contributed by atoms with Crippen molar-refractivity contribution in [2.45, 2.75) is 62.7 Å². The summed E-state index contributed by atoms with van der Waals surface area (Å²) in [4.78, 5) is 16.9. The minimum absolute atomic E-state index is 0.0996. The Morgan fingerprint density at radius 2 is 1.55 bits per heavy atom. The molecule has 0 atom stereocenters. The van der Waals surface area contributed by atoms with Gasteiger partial charge in [-0.1, -0.05) is 0 Å². The number of sulfonamides is 1. The number of amides is 1. The summed E-state index contributed by atoms with van der Waals surface area (Å²) in [5, 5.41) is 0. The smallest absolute Gasteiger partial charge is 0.340 e. The first-order chi connectivity index (χ1) is 14.5. The van der Waals surface area contributed by atoms with Gasteiger partial charge in [-0.15, -0.1) is 0 Å². The van der Waals surface area contributed by atoms with Crippen molar-refractivity contribution in [3.8, 4) is 0 Å². The Morgan fingerprint density at radius 3 is 2.03 bits per heavy atom. The fourth-order valence-corrected chi connectivity index (χ4v) is 5.59. The summed E-state index contributed by atoms with van der Waals surface area (Å²) in [6, 6.07) is 3.61. The second-order valence-corrected chi connectivity index (χ2v) is 10.4. The van der Waals surface area contributed by atoms with Gasteiger partial charge < -0.3 is 4.90 Å². The zero-order valence-electron chi connectivity index (χ0n) is 17.9. The van der Waals surface area contributed by atoms with E-state index in [0.29, 0.717) is 31.7 Å². The highest BCUT2D eigenvalue weighted by atomic mass is 32.2. The van der Waals surface area contributed by atoms with Crippen LogP contribution in [-0.2, 0) is 21.0 Å². The quantitative estimate of drug-likeness (QED) is 0.732. The van der Waals surface area contributed by atoms with Crippen molar-refractivity contribution in [3.05, 3.63) is 29.8 Å². The van der Waals surface area contributed by atoms with E-state index in [1.54, 1.807) is 0 Å². The van der Waals surface area contributed by atoms with E-state index < -0.39 is 21.8 Å². The first-order valence-corrected chi connectivity index (χ1v) is 12.2. The van der Waals surface area contributed by atoms with Gasteiger partial charge in [-0.3, -0.25) is 9.69 Å². The lowest BCUT2D eigenvalue weighted by atomic mass is 9.85. The normalized spacial score (nSPS) is 23.9. The Morgan fingerprint density at radius 1 is 1.00 bits per heavy atom. The average molecular weight is 462 g/mol. The van der Waals surface area contributed by atoms with Crippen LogP contribution >= 0.6 is 0 Å². The zero-order chi connectivity index (χ0) is 22.8. The third kappa shape index (κ3) is 5.98. The Balaban J connectivity index is 1.51. The van der Waals surface area contributed by atoms with Gasteiger partial charge >= 0.3 is 6.18 Å². The molecular formula is C21H30F3N3O3S. The molecule has 0 bridgehead atoms. The summed E-state index contributed by atoms with van der Waals surface area (Å²) < 4.78 is 65.7. The standard InChI is InChI=1S/C21H30F3N3O3S/c1-15(2)26-11-13-27(14-12-26)20(28)16-3-7-18(8-4-16)25-31(29,30)19-9-5-17(6-10-19)21(22,23)24/h5-6,9-10,15-16,18,25H,3-4,7-8,11-14H2,1-2H3. The van der Waals surface area contributed by atoms with Crippen molar-refractivity contribution < 1.29 is 26.4 Å². The number of hydrogen-bond acceptors (Lipinski definition) is 4. The number of nitrogens with zero attached hydrogens (tertiary/aromatic N) is 2. The monoisotopic (exact) mass is 461 g/mol. The van der Waals surface area contributed by atoms with Gasteiger partial charge in [0.05, 0.1) is 10.5 Å². The lowest BCUT2D eigenvalue weighted by molar-refractivity contribution is -0.139. The van der Waals surface area contributed by atoms with E-state index in [1.165, 1.54) is 0 Å². The van der Waals surface area contributed by atoms with Crippen LogP contribution in [0.2, 0.25) is 0 Å². The molecule has 3 rings (SSSR count). The van der Waals surface area contributed by atoms with Gasteiger partial charge in [-0.25, -0.2) is 13.1 Å². The van der Waals surface area contributed by atoms with Crippen molar-refractivity contribution in [2.75, 3.05) is 26.2 Å². The summed E-state index contributed by atoms with van der Waals surface area (Å²) in [6.07, 6.45) is -2.25. The van der Waals surface area contributed by atoms with Gasteiger partial charge in [0, 0.05) is 44.2 Å². The van der Waals surface area contributed by atoms with E-state index in [-0.39, 0.29) is 22.8 Å². The molecule has 0 unspecified atom stereocenters. The van der Waals surface area contributed by atoms with Crippen LogP contribution in [0, 0.1) is 5.92 Å². The number of alkyl halides is 3. The number of hydrogen-bond donors (Lipinski definition) is 1. The molecule has 1 saturated carbocycles. The van der Waals surface area contributed by atoms with Crippen molar-refractivity contribution in [3.63, 3.8) is 0 Å². The summed E-state index contributed by atoms with van der Waals surface area (Å²) in [5.74, 6) is 0.0462. The highest BCUT2D eigenvalue weighted by Crippen LogP contribution is 2.31. The maximum atomic E-state index is 12.8. The molecule has 1 amide bonds. The first-order valence-electron chi connectivity index (χ1n) is 10.7. The van der Waals surface area contributed by atoms with Crippen molar-refractivity contribution in [1.82, 2.24) is 14.5 Å². The molecule has 31 heavy (non-hydrogen) atoms. The molecule has 0 aromatic heterocycles. The Labute approximate surface area is 181 Å². The molecule has 0 spiro atoms. The molecule has 1 saturated heterocycles. The summed E-state index contributed by atoms with van der Waals surface area (Å²) in [5.41, 5.74) is -0.889. The molecule has 2 fully saturated rings. The molecule has 1 aliphatic carbocycles. The maximum absolute atomic E-state index is 12.8. The molecule has 10 heteroatoms. The molecule has 1 aromatic rings. The van der Waals surface area contributed by atoms with E-state index in [1.807, 2.05) is 4.90 Å². The third-order valence-corrected chi connectivity index (χ3v) is 7.78. The highest BCUT2D eigenvalue weighted by molar-refractivity contribution is 7.89. The van der Waals surface area contributed by atoms with Gasteiger partial charge in [0.1, 0.15) is 0 Å². The highest BCUT2D eigenvalue weighted by Gasteiger charge is 2.34. The maximum Gasteiger partial charge on any atom is 0.416 e. The van der Waals surface area contributed by atoms with Crippen LogP contribution in [0.15, 0.2) is 29.2 Å². The molecule has 174 valence electrons. The van der Waals surface area contributed by atoms with Gasteiger partial charge in [0.15, 0.2) is 0 Å². The van der Waals surface area contributed by atoms with Crippen LogP contribution in [-0.4, -0.2) is 62.4 Å². The van der Waals surface area contributed by atoms with E-state index in [9.17, 15) is 26.4 Å². The predicted octanol–water partition coefficient (Wildman–Crippen LogP) is 3.10. The lowest BCUT2D eigenvalue weighted by Crippen LogP contribution is -2.52. The first kappa shape index (κ1) is 24.0. The van der Waals surface area contributed by atoms with Crippen LogP contribution < -0.4 is 4.72 Å². The SMILES string of the molecule is CC(C)N1CCN(C(=O)C2CCC(NS(=O)(=O)c3ccc(C(F)(F)F)cc3)CC2)CC1. The summed E-state index contributed by atoms with van der Waals surface area (Å²) >= 11 is 0. The topological polar surface area (TPSA) is 69.7 Å². The van der Waals surface area contributed by atoms with Crippen LogP contribution in [0.5, 0.6) is 0 Å². The van der Waals surface area contributed by atoms with Crippen LogP contribution in [0.3, 0.4) is 0 Å². The third-order valence-electron chi connectivity index (χ3n) is 6.25. The molecule has 6 nitrogen and oxygen atoms in total. The number of carbonyl (C=O) groups is 1. The van der Waals surface area contributed by atoms with Crippen molar-refractivity contribution >= 4 is 15.9 Å². The summed E-state index contributed by atoms with van der Waals surface area (Å²) in [6.45, 7) is 7.46. The van der Waals surface area contributed by atoms with Crippen LogP contribution in [0.4, 0.5) is 13.2 Å². The van der Waals surface area contributed by atoms with Gasteiger partial charge in [-0.2, -0.15) is 13.2 Å². The lowest BCUT2D eigenvalue weighted by Gasteiger charge is -2.39. The molecule has 2 aliphatic rings. The number of nitrogens with one attached hydrogen (secondary N) is 1. The Bertz CT molecular complexity index is 856. The number of halogens is 3. The largest absolute Gasteiger partial charge is 0.416 e. The number of benzene rings is 1. The van der Waals surface area contributed by atoms with Crippen molar-refractivity contribution in [2.24, 2.45) is 5.92 Å². The van der Waals surface area contributed by atoms with Crippen molar-refractivity contribution in [1.29, 1.82) is 0 Å². The molecule has 1 aromatic carbocycles. The minimum Gasteiger partial charge on any atom is -0.340 e. The zero-order valence-corrected chi connectivity index (χ0v) is 18.7.